The minimum atomic E-state index is -2.22. The van der Waals surface area contributed by atoms with Crippen LogP contribution in [0.4, 0.5) is 22.0 Å². The number of halogens is 5. The van der Waals surface area contributed by atoms with Gasteiger partial charge in [-0.1, -0.05) is 11.8 Å². The fraction of sp³-hybridized carbons (Fsp3) is 0.333. The molecule has 19 heavy (non-hydrogen) atoms. The minimum absolute atomic E-state index is 0.264. The molecule has 0 aliphatic carbocycles. The molecular weight excluding hydrogens is 346 g/mol. The third-order valence-electron chi connectivity index (χ3n) is 1.84. The smallest absolute Gasteiger partial charge is 0.207 e. The summed E-state index contributed by atoms with van der Waals surface area (Å²) in [5, 5.41) is 0. The monoisotopic (exact) mass is 354 g/mol. The van der Waals surface area contributed by atoms with Crippen LogP contribution in [0.2, 0.25) is 0 Å². The molecule has 0 saturated carbocycles. The molecule has 0 amide bonds. The summed E-state index contributed by atoms with van der Waals surface area (Å²) in [5.41, 5.74) is 0.264. The van der Waals surface area contributed by atoms with Gasteiger partial charge in [0, 0.05) is 5.75 Å². The average Bonchev–Trinajstić information content (AvgIpc) is 2.39. The first-order chi connectivity index (χ1) is 8.90. The van der Waals surface area contributed by atoms with Gasteiger partial charge in [-0.25, -0.2) is 13.2 Å². The third kappa shape index (κ3) is 4.24. The molecule has 0 heterocycles. The van der Waals surface area contributed by atoms with Crippen molar-refractivity contribution >= 4 is 43.1 Å². The van der Waals surface area contributed by atoms with E-state index in [1.165, 1.54) is 11.8 Å². The van der Waals surface area contributed by atoms with Crippen molar-refractivity contribution in [2.75, 3.05) is 17.0 Å². The van der Waals surface area contributed by atoms with Gasteiger partial charge in [0.15, 0.2) is 0 Å². The molecule has 0 bridgehead atoms. The Hall–Kier alpha value is 0.0200. The third-order valence-corrected chi connectivity index (χ3v) is 6.36. The van der Waals surface area contributed by atoms with Crippen molar-refractivity contribution in [1.82, 2.24) is 0 Å². The normalized spacial score (nSPS) is 12.5. The maximum absolute atomic E-state index is 13.3. The molecule has 1 aromatic carbocycles. The molecule has 0 aliphatic rings. The van der Waals surface area contributed by atoms with Crippen LogP contribution in [0.15, 0.2) is 0 Å². The van der Waals surface area contributed by atoms with Crippen LogP contribution in [-0.4, -0.2) is 17.0 Å². The van der Waals surface area contributed by atoms with Gasteiger partial charge in [0.2, 0.25) is 34.8 Å². The van der Waals surface area contributed by atoms with Gasteiger partial charge < -0.3 is 4.52 Å². The largest absolute Gasteiger partial charge is 0.462 e. The lowest BCUT2D eigenvalue weighted by atomic mass is 10.3. The lowest BCUT2D eigenvalue weighted by Crippen LogP contribution is -2.03. The molecule has 1 nitrogen and oxygen atoms in total. The van der Waals surface area contributed by atoms with Crippen molar-refractivity contribution < 1.29 is 26.5 Å². The lowest BCUT2D eigenvalue weighted by molar-refractivity contribution is 0.354. The number of thiol groups is 1. The van der Waals surface area contributed by atoms with Crippen LogP contribution < -0.4 is 4.52 Å². The molecule has 1 atom stereocenters. The molecular formula is C9H8F5OPS3. The molecule has 0 spiro atoms. The molecule has 0 saturated heterocycles. The zero-order valence-electron chi connectivity index (χ0n) is 9.18. The molecule has 1 aromatic rings. The highest BCUT2D eigenvalue weighted by molar-refractivity contribution is 8.13. The Morgan fingerprint density at radius 3 is 1.95 bits per heavy atom. The van der Waals surface area contributed by atoms with Gasteiger partial charge in [0.25, 0.3) is 0 Å². The first-order valence-corrected chi connectivity index (χ1v) is 9.34. The van der Waals surface area contributed by atoms with Gasteiger partial charge in [-0.15, -0.1) is 0 Å². The topological polar surface area (TPSA) is 9.23 Å². The summed E-state index contributed by atoms with van der Waals surface area (Å²) in [6.45, 7) is -2.13. The highest BCUT2D eigenvalue weighted by Crippen LogP contribution is 2.37. The molecule has 1 rings (SSSR count). The van der Waals surface area contributed by atoms with Crippen molar-refractivity contribution in [3.05, 3.63) is 29.1 Å². The van der Waals surface area contributed by atoms with Crippen LogP contribution in [0, 0.1) is 29.1 Å². The van der Waals surface area contributed by atoms with Crippen LogP contribution in [0.1, 0.15) is 0 Å². The zero-order chi connectivity index (χ0) is 14.6. The van der Waals surface area contributed by atoms with Crippen LogP contribution in [0.3, 0.4) is 0 Å². The summed E-state index contributed by atoms with van der Waals surface area (Å²) in [6, 6.07) is 0. The molecule has 108 valence electrons. The molecule has 1 unspecified atom stereocenters. The summed E-state index contributed by atoms with van der Waals surface area (Å²) in [5.74, 6) is -10.4. The molecule has 0 radical (unpaired) electrons. The molecule has 0 fully saturated rings. The SMILES string of the molecule is Fc1c(F)c(F)c(O[PH](=S)CSCCS)c(F)c1F. The van der Waals surface area contributed by atoms with Crippen molar-refractivity contribution in [2.45, 2.75) is 0 Å². The number of benzene rings is 1. The van der Waals surface area contributed by atoms with Gasteiger partial charge in [-0.3, -0.25) is 0 Å². The van der Waals surface area contributed by atoms with E-state index in [0.29, 0.717) is 11.5 Å². The van der Waals surface area contributed by atoms with Crippen molar-refractivity contribution in [1.29, 1.82) is 0 Å². The van der Waals surface area contributed by atoms with E-state index in [1.807, 2.05) is 0 Å². The van der Waals surface area contributed by atoms with Crippen LogP contribution in [-0.2, 0) is 11.8 Å². The van der Waals surface area contributed by atoms with Gasteiger partial charge in [0.1, 0.15) is 6.92 Å². The first kappa shape index (κ1) is 17.1. The van der Waals surface area contributed by atoms with Crippen molar-refractivity contribution in [2.24, 2.45) is 0 Å². The average molecular weight is 354 g/mol. The van der Waals surface area contributed by atoms with E-state index in [2.05, 4.69) is 12.6 Å². The van der Waals surface area contributed by atoms with Gasteiger partial charge in [-0.2, -0.15) is 33.2 Å². The Morgan fingerprint density at radius 2 is 1.47 bits per heavy atom. The van der Waals surface area contributed by atoms with E-state index >= 15 is 0 Å². The van der Waals surface area contributed by atoms with E-state index in [0.717, 1.165) is 0 Å². The summed E-state index contributed by atoms with van der Waals surface area (Å²) >= 11 is 10.1. The zero-order valence-corrected chi connectivity index (χ0v) is 12.7. The quantitative estimate of drug-likeness (QED) is 0.207. The summed E-state index contributed by atoms with van der Waals surface area (Å²) in [4.78, 5) is 0. The number of hydrogen-bond donors (Lipinski definition) is 1. The number of hydrogen-bond acceptors (Lipinski definition) is 4. The standard InChI is InChI=1S/C9H8F5OPS3/c10-4-5(11)7(13)9(8(14)6(4)12)15-16(18)3-19-2-1-17/h16-17H,1-3H2. The lowest BCUT2D eigenvalue weighted by Gasteiger charge is -2.11. The van der Waals surface area contributed by atoms with E-state index in [1.54, 1.807) is 0 Å². The molecule has 0 aliphatic heterocycles. The highest BCUT2D eigenvalue weighted by Gasteiger charge is 2.27. The maximum atomic E-state index is 13.3. The van der Waals surface area contributed by atoms with Crippen molar-refractivity contribution in [3.8, 4) is 5.75 Å². The maximum Gasteiger partial charge on any atom is 0.207 e. The second kappa shape index (κ2) is 7.71. The highest BCUT2D eigenvalue weighted by atomic mass is 32.4. The Morgan fingerprint density at radius 1 is 1.00 bits per heavy atom. The van der Waals surface area contributed by atoms with Crippen LogP contribution in [0.5, 0.6) is 5.75 Å². The Labute approximate surface area is 121 Å². The Kier molecular flexibility index (Phi) is 6.93. The summed E-state index contributed by atoms with van der Waals surface area (Å²) < 4.78 is 69.8. The predicted molar refractivity (Wildman–Crippen MR) is 73.7 cm³/mol. The second-order valence-electron chi connectivity index (χ2n) is 3.15. The molecule has 0 N–H and O–H groups in total. The van der Waals surface area contributed by atoms with Gasteiger partial charge >= 0.3 is 0 Å². The van der Waals surface area contributed by atoms with Crippen LogP contribution >= 0.6 is 31.3 Å². The van der Waals surface area contributed by atoms with Crippen molar-refractivity contribution in [3.63, 3.8) is 0 Å². The number of rotatable bonds is 6. The number of thioether (sulfide) groups is 1. The van der Waals surface area contributed by atoms with E-state index in [4.69, 9.17) is 16.3 Å². The summed E-state index contributed by atoms with van der Waals surface area (Å²) in [7, 11) is 0. The van der Waals surface area contributed by atoms with E-state index in [9.17, 15) is 22.0 Å². The molecule has 10 heteroatoms. The minimum Gasteiger partial charge on any atom is -0.462 e. The Balaban J connectivity index is 2.93. The first-order valence-electron chi connectivity index (χ1n) is 4.80. The van der Waals surface area contributed by atoms with Gasteiger partial charge in [0.05, 0.1) is 5.49 Å². The van der Waals surface area contributed by atoms with E-state index < -0.39 is 41.8 Å². The fourth-order valence-corrected chi connectivity index (χ4v) is 4.44. The van der Waals surface area contributed by atoms with E-state index in [-0.39, 0.29) is 5.49 Å². The Bertz CT molecular complexity index is 470. The van der Waals surface area contributed by atoms with Crippen LogP contribution in [0.25, 0.3) is 0 Å². The molecule has 0 aromatic heterocycles. The second-order valence-corrected chi connectivity index (χ2v) is 7.88. The summed E-state index contributed by atoms with van der Waals surface area (Å²) in [6.07, 6.45) is 0. The predicted octanol–water partition coefficient (Wildman–Crippen LogP) is 3.97. The fourth-order valence-electron chi connectivity index (χ4n) is 1.04. The van der Waals surface area contributed by atoms with Gasteiger partial charge in [-0.05, 0) is 5.75 Å².